The van der Waals surface area contributed by atoms with E-state index in [9.17, 15) is 9.90 Å². The van der Waals surface area contributed by atoms with Gasteiger partial charge < -0.3 is 29.7 Å². The van der Waals surface area contributed by atoms with Gasteiger partial charge in [0.1, 0.15) is 11.4 Å². The zero-order valence-electron chi connectivity index (χ0n) is 70.6. The first-order valence-corrected chi connectivity index (χ1v) is 40.4. The third-order valence-electron chi connectivity index (χ3n) is 21.9. The summed E-state index contributed by atoms with van der Waals surface area (Å²) in [6.07, 6.45) is 3.84. The van der Waals surface area contributed by atoms with Crippen LogP contribution in [0.3, 0.4) is 0 Å². The van der Waals surface area contributed by atoms with Crippen molar-refractivity contribution in [3.8, 4) is 16.9 Å². The van der Waals surface area contributed by atoms with Crippen LogP contribution in [0.4, 0.5) is 28.4 Å². The molecule has 0 unspecified atom stereocenters. The van der Waals surface area contributed by atoms with Gasteiger partial charge >= 0.3 is 0 Å². The summed E-state index contributed by atoms with van der Waals surface area (Å²) in [5, 5.41) is 16.5. The lowest BCUT2D eigenvalue weighted by Crippen LogP contribution is -2.14. The summed E-state index contributed by atoms with van der Waals surface area (Å²) in [4.78, 5) is 39.2. The highest BCUT2D eigenvalue weighted by Crippen LogP contribution is 2.43. The minimum Gasteiger partial charge on any atom is -0.505 e. The number of nitrogens with zero attached hydrogens (tertiary/aromatic N) is 7. The summed E-state index contributed by atoms with van der Waals surface area (Å²) in [6, 6.07) is 79.7. The number of H-pyrrole nitrogens is 1. The minimum absolute atomic E-state index is 0.0809. The van der Waals surface area contributed by atoms with Crippen molar-refractivity contribution in [3.05, 3.63) is 319 Å². The average molecular weight is 1490 g/mol. The highest BCUT2D eigenvalue weighted by atomic mass is 16.3. The minimum atomic E-state index is -0.122. The molecule has 10 nitrogen and oxygen atoms in total. The number of hydrogen-bond donors (Lipinski definition) is 2. The number of rotatable bonds is 20. The maximum Gasteiger partial charge on any atom is 0.216 e. The summed E-state index contributed by atoms with van der Waals surface area (Å²) < 4.78 is 0. The van der Waals surface area contributed by atoms with Crippen LogP contribution < -0.4 is 19.6 Å². The monoisotopic (exact) mass is 1490 g/mol. The molecule has 0 atom stereocenters. The molecule has 0 saturated heterocycles. The van der Waals surface area contributed by atoms with Gasteiger partial charge in [-0.2, -0.15) is 0 Å². The van der Waals surface area contributed by atoms with Gasteiger partial charge in [0.05, 0.1) is 11.3 Å². The van der Waals surface area contributed by atoms with E-state index in [1.807, 2.05) is 30.3 Å². The Bertz CT molecular complexity index is 5140. The molecule has 112 heavy (non-hydrogen) atoms. The molecule has 1 aliphatic heterocycles. The number of para-hydroxylation sites is 1. The number of aliphatic imine (C=N–C) groups is 1. The SMILES string of the molecule is CCc1cc(-c2c3ccc(C)cc3cc3cc(C)ccc23)cc(C(C)C)n1.CCc1cc(C(C)C)cc(C(c2ccc(N(C)C)cc2)c2ccc(N(C)C)cc2)c1.CCc1cc(C(c2ccc(N(C)C)cc2)c2ccc(N(C)C)cc2)cc(C(C)C)n1.CCc1cc2c(c(C(C)C)c1)C(=O)C(c1[nH]c3ccccc3c1O)=N2. The third-order valence-corrected chi connectivity index (χ3v) is 21.9. The number of fused-ring (bicyclic) bond motifs is 4. The highest BCUT2D eigenvalue weighted by Gasteiger charge is 2.33. The largest absolute Gasteiger partial charge is 0.505 e. The zero-order chi connectivity index (χ0) is 80.5. The first kappa shape index (κ1) is 81.9. The number of carbonyl (C=O) groups is 1. The number of anilines is 4. The molecule has 10 aromatic carbocycles. The fourth-order valence-corrected chi connectivity index (χ4v) is 15.1. The van der Waals surface area contributed by atoms with Crippen LogP contribution in [0.1, 0.15) is 224 Å². The van der Waals surface area contributed by atoms with Gasteiger partial charge in [-0.15, -0.1) is 0 Å². The molecule has 0 spiro atoms. The molecule has 0 amide bonds. The van der Waals surface area contributed by atoms with E-state index < -0.39 is 0 Å². The van der Waals surface area contributed by atoms with Crippen LogP contribution in [0.5, 0.6) is 5.75 Å². The average Bonchev–Trinajstić information content (AvgIpc) is 1.60. The predicted molar refractivity (Wildman–Crippen MR) is 481 cm³/mol. The van der Waals surface area contributed by atoms with Crippen LogP contribution in [-0.2, 0) is 25.7 Å². The maximum absolute atomic E-state index is 13.1. The van der Waals surface area contributed by atoms with Gasteiger partial charge in [-0.25, -0.2) is 4.99 Å². The van der Waals surface area contributed by atoms with Gasteiger partial charge in [-0.05, 0) is 249 Å². The number of pyridine rings is 2. The second kappa shape index (κ2) is 35.9. The standard InChI is InChI=1S/C28H36N2.C27H35N3.C26H27N.C21H20N2O2/c1-8-21-17-24(20(2)3)19-25(18-21)28(22-9-13-26(14-10-22)29(4)5)23-11-15-27(16-12-23)30(6)7;1-8-23-17-22(18-26(28-23)19(2)3)27(20-9-13-24(14-10-20)29(4)5)21-11-15-25(16-12-21)30(6)7;1-6-22-14-21(15-25(27-22)16(2)3)26-23-9-7-17(4)11-19(23)13-20-12-18(5)8-10-24(20)26;1-4-12-9-14(11(2)3)17-16(10-12)23-19(21(17)25)18-20(24)13-7-5-6-8-15(13)22-18/h9-20,28H,8H2,1-7H3;9-19,27H,8H2,1-7H3;7-16H,6H2,1-5H3;5-11,22,24H,4H2,1-3H3. The quantitative estimate of drug-likeness (QED) is 0.0574. The second-order valence-corrected chi connectivity index (χ2v) is 32.4. The molecule has 2 N–H and O–H groups in total. The van der Waals surface area contributed by atoms with Crippen LogP contribution in [-0.4, -0.2) is 87.9 Å². The number of carbonyl (C=O) groups excluding carboxylic acids is 1. The Hall–Kier alpha value is -11.1. The molecular weight excluding hydrogens is 1370 g/mol. The Balaban J connectivity index is 0.000000148. The fraction of sp³-hybridized carbons (Fsp3) is 0.314. The third kappa shape index (κ3) is 18.6. The lowest BCUT2D eigenvalue weighted by atomic mass is 9.82. The van der Waals surface area contributed by atoms with Crippen LogP contribution in [0.15, 0.2) is 223 Å². The smallest absolute Gasteiger partial charge is 0.216 e. The molecule has 0 aliphatic carbocycles. The Labute approximate surface area is 668 Å². The van der Waals surface area contributed by atoms with Crippen molar-refractivity contribution < 1.29 is 9.90 Å². The molecule has 0 bridgehead atoms. The number of hydrogen-bond acceptors (Lipinski definition) is 9. The Morgan fingerprint density at radius 1 is 0.384 bits per heavy atom. The number of aromatic amines is 1. The molecule has 578 valence electrons. The van der Waals surface area contributed by atoms with E-state index in [0.29, 0.717) is 45.8 Å². The summed E-state index contributed by atoms with van der Waals surface area (Å²) in [7, 11) is 16.7. The first-order chi connectivity index (χ1) is 53.6. The van der Waals surface area contributed by atoms with Crippen LogP contribution in [0.25, 0.3) is 43.6 Å². The second-order valence-electron chi connectivity index (χ2n) is 32.4. The van der Waals surface area contributed by atoms with Crippen molar-refractivity contribution in [1.82, 2.24) is 15.0 Å². The molecule has 1 aliphatic rings. The molecule has 0 saturated carbocycles. The van der Waals surface area contributed by atoms with E-state index in [0.717, 1.165) is 42.5 Å². The van der Waals surface area contributed by atoms with Gasteiger partial charge in [0, 0.05) is 125 Å². The molecular formula is C102H118N8O2. The lowest BCUT2D eigenvalue weighted by molar-refractivity contribution is 0.106. The fourth-order valence-electron chi connectivity index (χ4n) is 15.1. The number of Topliss-reactive ketones (excluding diaryl/α,β-unsaturated/α-hetero) is 1. The van der Waals surface area contributed by atoms with E-state index in [-0.39, 0.29) is 29.3 Å². The number of nitrogens with one attached hydrogen (secondary N) is 1. The highest BCUT2D eigenvalue weighted by molar-refractivity contribution is 6.55. The van der Waals surface area contributed by atoms with Gasteiger partial charge in [-0.3, -0.25) is 14.8 Å². The van der Waals surface area contributed by atoms with Crippen molar-refractivity contribution in [2.24, 2.45) is 4.99 Å². The molecule has 0 fully saturated rings. The number of benzene rings is 10. The van der Waals surface area contributed by atoms with Gasteiger partial charge in [-0.1, -0.05) is 216 Å². The lowest BCUT2D eigenvalue weighted by Gasteiger charge is -2.23. The summed E-state index contributed by atoms with van der Waals surface area (Å²) in [5.74, 6) is 1.94. The molecule has 3 aromatic heterocycles. The number of aryl methyl sites for hydroxylation is 6. The van der Waals surface area contributed by atoms with Crippen LogP contribution in [0.2, 0.25) is 0 Å². The van der Waals surface area contributed by atoms with Crippen molar-refractivity contribution in [2.75, 3.05) is 76.0 Å². The topological polar surface area (TPSA) is 104 Å². The Morgan fingerprint density at radius 2 is 0.812 bits per heavy atom. The number of ketones is 1. The predicted octanol–water partition coefficient (Wildman–Crippen LogP) is 25.0. The molecule has 4 heterocycles. The van der Waals surface area contributed by atoms with Gasteiger partial charge in [0.25, 0.3) is 0 Å². The van der Waals surface area contributed by atoms with E-state index in [4.69, 9.17) is 9.97 Å². The van der Waals surface area contributed by atoms with Gasteiger partial charge in [0.2, 0.25) is 5.78 Å². The number of aromatic nitrogens is 3. The molecule has 0 radical (unpaired) electrons. The van der Waals surface area contributed by atoms with Crippen molar-refractivity contribution in [3.63, 3.8) is 0 Å². The number of aromatic hydroxyl groups is 1. The van der Waals surface area contributed by atoms with Crippen molar-refractivity contribution in [1.29, 1.82) is 0 Å². The normalized spacial score (nSPS) is 11.9. The summed E-state index contributed by atoms with van der Waals surface area (Å²) in [6.45, 7) is 30.7. The molecule has 10 heteroatoms. The summed E-state index contributed by atoms with van der Waals surface area (Å²) >= 11 is 0. The molecule has 14 rings (SSSR count). The van der Waals surface area contributed by atoms with E-state index in [1.165, 1.54) is 134 Å². The maximum atomic E-state index is 13.1. The summed E-state index contributed by atoms with van der Waals surface area (Å²) in [5.41, 5.74) is 30.6. The van der Waals surface area contributed by atoms with E-state index in [1.54, 1.807) is 0 Å². The molecule has 13 aromatic rings. The Morgan fingerprint density at radius 3 is 1.23 bits per heavy atom. The van der Waals surface area contributed by atoms with Crippen LogP contribution >= 0.6 is 0 Å². The van der Waals surface area contributed by atoms with E-state index >= 15 is 0 Å². The van der Waals surface area contributed by atoms with Gasteiger partial charge in [0.15, 0.2) is 5.75 Å². The van der Waals surface area contributed by atoms with E-state index in [2.05, 4.69) is 371 Å². The zero-order valence-corrected chi connectivity index (χ0v) is 70.6. The first-order valence-electron chi connectivity index (χ1n) is 40.4. The van der Waals surface area contributed by atoms with Crippen molar-refractivity contribution >= 4 is 72.4 Å². The Kier molecular flexibility index (Phi) is 26.3. The van der Waals surface area contributed by atoms with Crippen molar-refractivity contribution in [2.45, 2.75) is 158 Å². The van der Waals surface area contributed by atoms with Crippen LogP contribution in [0, 0.1) is 13.8 Å².